The first-order valence-electron chi connectivity index (χ1n) is 3.46. The van der Waals surface area contributed by atoms with Crippen LogP contribution in [0.5, 0.6) is 0 Å². The summed E-state index contributed by atoms with van der Waals surface area (Å²) in [5.41, 5.74) is 0.598. The van der Waals surface area contributed by atoms with Gasteiger partial charge in [-0.05, 0) is 13.8 Å². The third-order valence-electron chi connectivity index (χ3n) is 1.07. The molecule has 0 aliphatic carbocycles. The lowest BCUT2D eigenvalue weighted by atomic mass is 10.4. The summed E-state index contributed by atoms with van der Waals surface area (Å²) >= 11 is 5.44. The van der Waals surface area contributed by atoms with Gasteiger partial charge in [-0.1, -0.05) is 11.6 Å². The van der Waals surface area contributed by atoms with E-state index in [9.17, 15) is 0 Å². The molecular weight excluding hydrogens is 162 g/mol. The van der Waals surface area contributed by atoms with Gasteiger partial charge >= 0.3 is 0 Å². The molecule has 0 saturated heterocycles. The van der Waals surface area contributed by atoms with Crippen molar-refractivity contribution in [1.29, 1.82) is 5.41 Å². The summed E-state index contributed by atoms with van der Waals surface area (Å²) in [6.07, 6.45) is 1.69. The average molecular weight is 176 g/mol. The maximum atomic E-state index is 7.09. The van der Waals surface area contributed by atoms with Gasteiger partial charge in [0.2, 0.25) is 0 Å². The van der Waals surface area contributed by atoms with Crippen LogP contribution in [-0.2, 0) is 0 Å². The molecule has 0 aromatic carbocycles. The smallest absolute Gasteiger partial charge is 0.145 e. The predicted octanol–water partition coefficient (Wildman–Crippen LogP) is 1.26. The molecule has 0 unspecified atom stereocenters. The quantitative estimate of drug-likeness (QED) is 0.564. The molecule has 0 spiro atoms. The Hall–Kier alpha value is -0.700. The molecule has 0 fully saturated rings. The largest absolute Gasteiger partial charge is 0.387 e. The van der Waals surface area contributed by atoms with Crippen LogP contribution in [0.4, 0.5) is 0 Å². The molecule has 3 nitrogen and oxygen atoms in total. The number of hydrogen-bond donors (Lipinski definition) is 3. The lowest BCUT2D eigenvalue weighted by Gasteiger charge is -2.07. The highest BCUT2D eigenvalue weighted by atomic mass is 35.5. The highest BCUT2D eigenvalue weighted by Gasteiger charge is 1.97. The molecule has 0 aliphatic heterocycles. The summed E-state index contributed by atoms with van der Waals surface area (Å²) in [6.45, 7) is 4.03. The molecule has 3 N–H and O–H groups in total. The topological polar surface area (TPSA) is 47.9 Å². The second kappa shape index (κ2) is 5.02. The molecule has 0 aromatic rings. The van der Waals surface area contributed by atoms with Crippen molar-refractivity contribution in [2.24, 2.45) is 0 Å². The Bertz CT molecular complexity index is 163. The van der Waals surface area contributed by atoms with E-state index in [1.165, 1.54) is 0 Å². The second-order valence-corrected chi connectivity index (χ2v) is 2.82. The van der Waals surface area contributed by atoms with E-state index >= 15 is 0 Å². The molecule has 0 amide bonds. The number of nitrogens with one attached hydrogen (secondary N) is 3. The monoisotopic (exact) mass is 175 g/mol. The van der Waals surface area contributed by atoms with Gasteiger partial charge in [0.1, 0.15) is 5.17 Å². The van der Waals surface area contributed by atoms with Crippen molar-refractivity contribution in [1.82, 2.24) is 10.6 Å². The van der Waals surface area contributed by atoms with Crippen molar-refractivity contribution in [3.8, 4) is 0 Å². The molecule has 11 heavy (non-hydrogen) atoms. The van der Waals surface area contributed by atoms with Crippen molar-refractivity contribution in [3.05, 3.63) is 11.9 Å². The van der Waals surface area contributed by atoms with Gasteiger partial charge in [-0.15, -0.1) is 0 Å². The van der Waals surface area contributed by atoms with Gasteiger partial charge in [-0.2, -0.15) is 0 Å². The maximum absolute atomic E-state index is 7.09. The van der Waals surface area contributed by atoms with E-state index in [1.54, 1.807) is 13.2 Å². The Kier molecular flexibility index (Phi) is 4.70. The van der Waals surface area contributed by atoms with Crippen LogP contribution in [0.3, 0.4) is 0 Å². The normalized spacial score (nSPS) is 11.5. The summed E-state index contributed by atoms with van der Waals surface area (Å²) in [4.78, 5) is 0. The van der Waals surface area contributed by atoms with Crippen molar-refractivity contribution in [2.75, 3.05) is 7.05 Å². The van der Waals surface area contributed by atoms with E-state index < -0.39 is 0 Å². The van der Waals surface area contributed by atoms with Crippen LogP contribution in [0, 0.1) is 5.41 Å². The zero-order chi connectivity index (χ0) is 8.85. The van der Waals surface area contributed by atoms with E-state index in [0.717, 1.165) is 0 Å². The average Bonchev–Trinajstić information content (AvgIpc) is 1.87. The molecule has 0 bridgehead atoms. The molecule has 0 aliphatic rings. The SMILES string of the molecule is CN/C(=C/NC(C)C)C(=N)Cl. The Balaban J connectivity index is 4.02. The number of allylic oxidation sites excluding steroid dienone is 1. The summed E-state index contributed by atoms with van der Waals surface area (Å²) in [5.74, 6) is 0. The predicted molar refractivity (Wildman–Crippen MR) is 49.0 cm³/mol. The third kappa shape index (κ3) is 4.67. The van der Waals surface area contributed by atoms with Crippen LogP contribution in [0.1, 0.15) is 13.8 Å². The van der Waals surface area contributed by atoms with Gasteiger partial charge in [0.25, 0.3) is 0 Å². The summed E-state index contributed by atoms with van der Waals surface area (Å²) in [7, 11) is 1.73. The number of hydrogen-bond acceptors (Lipinski definition) is 3. The van der Waals surface area contributed by atoms with Crippen molar-refractivity contribution in [2.45, 2.75) is 19.9 Å². The fraction of sp³-hybridized carbons (Fsp3) is 0.571. The Labute approximate surface area is 72.3 Å². The van der Waals surface area contributed by atoms with Crippen LogP contribution in [-0.4, -0.2) is 18.3 Å². The zero-order valence-electron chi connectivity index (χ0n) is 7.03. The molecule has 0 saturated carbocycles. The first-order chi connectivity index (χ1) is 5.07. The number of rotatable bonds is 4. The van der Waals surface area contributed by atoms with Crippen LogP contribution in [0.15, 0.2) is 11.9 Å². The first kappa shape index (κ1) is 10.3. The van der Waals surface area contributed by atoms with Crippen LogP contribution in [0.25, 0.3) is 0 Å². The maximum Gasteiger partial charge on any atom is 0.145 e. The van der Waals surface area contributed by atoms with Gasteiger partial charge in [0.05, 0.1) is 5.70 Å². The van der Waals surface area contributed by atoms with Crippen molar-refractivity contribution in [3.63, 3.8) is 0 Å². The highest BCUT2D eigenvalue weighted by molar-refractivity contribution is 6.68. The van der Waals surface area contributed by atoms with Crippen LogP contribution < -0.4 is 10.6 Å². The molecule has 0 atom stereocenters. The van der Waals surface area contributed by atoms with Gasteiger partial charge in [0.15, 0.2) is 0 Å². The van der Waals surface area contributed by atoms with E-state index in [4.69, 9.17) is 17.0 Å². The standard InChI is InChI=1S/C7H14ClN3/c1-5(2)11-4-6(10-3)7(8)9/h4-5,9-11H,1-3H3/b6-4+,9-7?. The van der Waals surface area contributed by atoms with Crippen molar-refractivity contribution >= 4 is 16.8 Å². The zero-order valence-corrected chi connectivity index (χ0v) is 7.79. The van der Waals surface area contributed by atoms with Gasteiger partial charge in [-0.3, -0.25) is 5.41 Å². The van der Waals surface area contributed by atoms with Gasteiger partial charge < -0.3 is 10.6 Å². The van der Waals surface area contributed by atoms with Crippen LogP contribution >= 0.6 is 11.6 Å². The fourth-order valence-electron chi connectivity index (χ4n) is 0.495. The summed E-state index contributed by atoms with van der Waals surface area (Å²) in [6, 6.07) is 0.356. The molecule has 0 aromatic heterocycles. The minimum absolute atomic E-state index is 0.0145. The molecule has 0 rings (SSSR count). The minimum atomic E-state index is 0.0145. The van der Waals surface area contributed by atoms with Crippen molar-refractivity contribution < 1.29 is 0 Å². The Morgan fingerprint density at radius 2 is 2.09 bits per heavy atom. The lowest BCUT2D eigenvalue weighted by Crippen LogP contribution is -2.21. The van der Waals surface area contributed by atoms with Gasteiger partial charge in [0, 0.05) is 19.3 Å². The molecular formula is C7H14ClN3. The molecule has 0 radical (unpaired) electrons. The lowest BCUT2D eigenvalue weighted by molar-refractivity contribution is 0.696. The first-order valence-corrected chi connectivity index (χ1v) is 3.84. The minimum Gasteiger partial charge on any atom is -0.387 e. The van der Waals surface area contributed by atoms with Crippen LogP contribution in [0.2, 0.25) is 0 Å². The highest BCUT2D eigenvalue weighted by Crippen LogP contribution is 1.93. The molecule has 64 valence electrons. The second-order valence-electron chi connectivity index (χ2n) is 2.44. The van der Waals surface area contributed by atoms with E-state index in [2.05, 4.69) is 10.6 Å². The van der Waals surface area contributed by atoms with E-state index in [0.29, 0.717) is 11.7 Å². The number of halogens is 1. The van der Waals surface area contributed by atoms with Gasteiger partial charge in [-0.25, -0.2) is 0 Å². The Morgan fingerprint density at radius 3 is 2.36 bits per heavy atom. The van der Waals surface area contributed by atoms with E-state index in [-0.39, 0.29) is 5.17 Å². The van der Waals surface area contributed by atoms with E-state index in [1.807, 2.05) is 13.8 Å². The fourth-order valence-corrected chi connectivity index (χ4v) is 0.644. The molecule has 0 heterocycles. The molecule has 4 heteroatoms. The Morgan fingerprint density at radius 1 is 1.55 bits per heavy atom. The summed E-state index contributed by atoms with van der Waals surface area (Å²) in [5, 5.41) is 12.9. The summed E-state index contributed by atoms with van der Waals surface area (Å²) < 4.78 is 0. The third-order valence-corrected chi connectivity index (χ3v) is 1.27.